The Morgan fingerprint density at radius 3 is 2.90 bits per heavy atom. The molecule has 1 aromatic carbocycles. The van der Waals surface area contributed by atoms with E-state index >= 15 is 0 Å². The number of hydrogen-bond donors (Lipinski definition) is 2. The Morgan fingerprint density at radius 2 is 2.30 bits per heavy atom. The number of rotatable bonds is 5. The van der Waals surface area contributed by atoms with E-state index in [0.717, 1.165) is 0 Å². The summed E-state index contributed by atoms with van der Waals surface area (Å²) in [5.74, 6) is 1.18. The maximum atomic E-state index is 11.9. The van der Waals surface area contributed by atoms with Gasteiger partial charge >= 0.3 is 0 Å². The second kappa shape index (κ2) is 6.05. The second-order valence-corrected chi connectivity index (χ2v) is 4.10. The van der Waals surface area contributed by atoms with Gasteiger partial charge in [0.25, 0.3) is 5.91 Å². The highest BCUT2D eigenvalue weighted by Gasteiger charge is 2.10. The van der Waals surface area contributed by atoms with E-state index in [1.54, 1.807) is 25.1 Å². The van der Waals surface area contributed by atoms with Crippen molar-refractivity contribution in [2.24, 2.45) is 0 Å². The molecule has 3 N–H and O–H groups in total. The number of ether oxygens (including phenoxy) is 1. The summed E-state index contributed by atoms with van der Waals surface area (Å²) in [4.78, 5) is 15.9. The fourth-order valence-electron chi connectivity index (χ4n) is 1.65. The van der Waals surface area contributed by atoms with E-state index in [9.17, 15) is 4.79 Å². The Morgan fingerprint density at radius 1 is 1.50 bits per heavy atom. The van der Waals surface area contributed by atoms with Crippen LogP contribution in [0.4, 0.5) is 5.69 Å². The predicted octanol–water partition coefficient (Wildman–Crippen LogP) is 1.29. The van der Waals surface area contributed by atoms with E-state index in [1.165, 1.54) is 0 Å². The molecule has 0 aliphatic carbocycles. The molecule has 0 saturated heterocycles. The molecule has 1 aromatic heterocycles. The molecule has 7 heteroatoms. The van der Waals surface area contributed by atoms with Gasteiger partial charge in [-0.3, -0.25) is 4.79 Å². The lowest BCUT2D eigenvalue weighted by Crippen LogP contribution is -2.23. The van der Waals surface area contributed by atoms with Crippen molar-refractivity contribution in [2.75, 3.05) is 12.3 Å². The molecule has 0 fully saturated rings. The van der Waals surface area contributed by atoms with Crippen LogP contribution in [0.3, 0.4) is 0 Å². The first kappa shape index (κ1) is 13.9. The molecule has 0 spiro atoms. The molecule has 0 aliphatic heterocycles. The number of carbonyl (C=O) groups is 1. The number of nitrogen functional groups attached to an aromatic ring is 1. The van der Waals surface area contributed by atoms with Gasteiger partial charge < -0.3 is 20.3 Å². The summed E-state index contributed by atoms with van der Waals surface area (Å²) < 4.78 is 10.2. The van der Waals surface area contributed by atoms with Crippen molar-refractivity contribution in [1.29, 1.82) is 0 Å². The fourth-order valence-corrected chi connectivity index (χ4v) is 1.65. The number of anilines is 1. The number of carbonyl (C=O) groups excluding carboxylic acids is 1. The minimum Gasteiger partial charge on any atom is -0.492 e. The quantitative estimate of drug-likeness (QED) is 0.797. The SMILES string of the molecule is CCOc1ccc(C(=O)NCc2nc(C)no2)cc1N. The topological polar surface area (TPSA) is 103 Å². The van der Waals surface area contributed by atoms with Gasteiger partial charge in [-0.1, -0.05) is 5.16 Å². The average Bonchev–Trinajstić information content (AvgIpc) is 2.84. The Balaban J connectivity index is 2.00. The second-order valence-electron chi connectivity index (χ2n) is 4.10. The van der Waals surface area contributed by atoms with Gasteiger partial charge in [-0.15, -0.1) is 0 Å². The monoisotopic (exact) mass is 276 g/mol. The fraction of sp³-hybridized carbons (Fsp3) is 0.308. The van der Waals surface area contributed by atoms with Gasteiger partial charge in [0.05, 0.1) is 18.8 Å². The number of hydrogen-bond acceptors (Lipinski definition) is 6. The Labute approximate surface area is 116 Å². The van der Waals surface area contributed by atoms with Gasteiger partial charge in [0.2, 0.25) is 5.89 Å². The van der Waals surface area contributed by atoms with Gasteiger partial charge in [-0.2, -0.15) is 4.98 Å². The van der Waals surface area contributed by atoms with Crippen LogP contribution in [0.2, 0.25) is 0 Å². The highest BCUT2D eigenvalue weighted by Crippen LogP contribution is 2.22. The van der Waals surface area contributed by atoms with Gasteiger partial charge in [-0.05, 0) is 32.0 Å². The summed E-state index contributed by atoms with van der Waals surface area (Å²) in [6, 6.07) is 4.89. The zero-order valence-electron chi connectivity index (χ0n) is 11.3. The van der Waals surface area contributed by atoms with Crippen LogP contribution in [-0.2, 0) is 6.54 Å². The predicted molar refractivity (Wildman–Crippen MR) is 72.2 cm³/mol. The molecule has 0 bridgehead atoms. The van der Waals surface area contributed by atoms with E-state index in [2.05, 4.69) is 15.5 Å². The molecule has 20 heavy (non-hydrogen) atoms. The number of nitrogens with two attached hydrogens (primary N) is 1. The van der Waals surface area contributed by atoms with Crippen LogP contribution in [0.1, 0.15) is 29.0 Å². The number of nitrogens with one attached hydrogen (secondary N) is 1. The molecule has 1 amide bonds. The maximum absolute atomic E-state index is 11.9. The number of aryl methyl sites for hydroxylation is 1. The number of aromatic nitrogens is 2. The number of amides is 1. The van der Waals surface area contributed by atoms with Crippen LogP contribution < -0.4 is 15.8 Å². The smallest absolute Gasteiger partial charge is 0.251 e. The highest BCUT2D eigenvalue weighted by molar-refractivity contribution is 5.95. The molecule has 106 valence electrons. The highest BCUT2D eigenvalue weighted by atomic mass is 16.5. The number of benzene rings is 1. The van der Waals surface area contributed by atoms with Crippen molar-refractivity contribution >= 4 is 11.6 Å². The summed E-state index contributed by atoms with van der Waals surface area (Å²) >= 11 is 0. The van der Waals surface area contributed by atoms with Gasteiger partial charge in [0, 0.05) is 5.56 Å². The first-order valence-corrected chi connectivity index (χ1v) is 6.20. The molecule has 7 nitrogen and oxygen atoms in total. The minimum atomic E-state index is -0.268. The third kappa shape index (κ3) is 3.25. The Hall–Kier alpha value is -2.57. The van der Waals surface area contributed by atoms with Crippen molar-refractivity contribution in [2.45, 2.75) is 20.4 Å². The summed E-state index contributed by atoms with van der Waals surface area (Å²) in [5, 5.41) is 6.32. The lowest BCUT2D eigenvalue weighted by Gasteiger charge is -2.08. The van der Waals surface area contributed by atoms with E-state index in [0.29, 0.717) is 35.3 Å². The maximum Gasteiger partial charge on any atom is 0.251 e. The van der Waals surface area contributed by atoms with Crippen LogP contribution in [0.25, 0.3) is 0 Å². The first-order chi connectivity index (χ1) is 9.60. The minimum absolute atomic E-state index is 0.173. The molecular weight excluding hydrogens is 260 g/mol. The van der Waals surface area contributed by atoms with E-state index in [-0.39, 0.29) is 12.5 Å². The normalized spacial score (nSPS) is 10.3. The van der Waals surface area contributed by atoms with E-state index in [1.807, 2.05) is 6.92 Å². The largest absolute Gasteiger partial charge is 0.492 e. The lowest BCUT2D eigenvalue weighted by molar-refractivity contribution is 0.0946. The standard InChI is InChI=1S/C13H16N4O3/c1-3-19-11-5-4-9(6-10(11)14)13(18)15-7-12-16-8(2)17-20-12/h4-6H,3,7,14H2,1-2H3,(H,15,18). The van der Waals surface area contributed by atoms with Crippen LogP contribution in [0, 0.1) is 6.92 Å². The molecule has 2 rings (SSSR count). The lowest BCUT2D eigenvalue weighted by atomic mass is 10.1. The van der Waals surface area contributed by atoms with Crippen molar-refractivity contribution in [3.8, 4) is 5.75 Å². The molecule has 0 radical (unpaired) electrons. The first-order valence-electron chi connectivity index (χ1n) is 6.20. The number of nitrogens with zero attached hydrogens (tertiary/aromatic N) is 2. The molecule has 0 unspecified atom stereocenters. The third-order valence-electron chi connectivity index (χ3n) is 2.54. The molecule has 0 atom stereocenters. The third-order valence-corrected chi connectivity index (χ3v) is 2.54. The van der Waals surface area contributed by atoms with Crippen LogP contribution in [0.15, 0.2) is 22.7 Å². The summed E-state index contributed by atoms with van der Waals surface area (Å²) in [6.45, 7) is 4.27. The van der Waals surface area contributed by atoms with Gasteiger partial charge in [0.15, 0.2) is 5.82 Å². The summed E-state index contributed by atoms with van der Waals surface area (Å²) in [6.07, 6.45) is 0. The van der Waals surface area contributed by atoms with Crippen molar-refractivity contribution < 1.29 is 14.1 Å². The molecule has 2 aromatic rings. The summed E-state index contributed by atoms with van der Waals surface area (Å²) in [7, 11) is 0. The average molecular weight is 276 g/mol. The van der Waals surface area contributed by atoms with Crippen molar-refractivity contribution in [3.63, 3.8) is 0 Å². The van der Waals surface area contributed by atoms with Crippen molar-refractivity contribution in [3.05, 3.63) is 35.5 Å². The van der Waals surface area contributed by atoms with E-state index in [4.69, 9.17) is 15.0 Å². The zero-order valence-corrected chi connectivity index (χ0v) is 11.3. The van der Waals surface area contributed by atoms with Gasteiger partial charge in [0.1, 0.15) is 5.75 Å². The summed E-state index contributed by atoms with van der Waals surface area (Å²) in [5.41, 5.74) is 6.68. The van der Waals surface area contributed by atoms with Crippen LogP contribution in [0.5, 0.6) is 5.75 Å². The van der Waals surface area contributed by atoms with Gasteiger partial charge in [-0.25, -0.2) is 0 Å². The molecule has 0 aliphatic rings. The zero-order chi connectivity index (χ0) is 14.5. The Kier molecular flexibility index (Phi) is 4.19. The molecule has 0 saturated carbocycles. The Bertz CT molecular complexity index is 609. The van der Waals surface area contributed by atoms with Crippen LogP contribution in [-0.4, -0.2) is 22.7 Å². The molecule has 1 heterocycles. The molecular formula is C13H16N4O3. The van der Waals surface area contributed by atoms with Crippen LogP contribution >= 0.6 is 0 Å². The van der Waals surface area contributed by atoms with E-state index < -0.39 is 0 Å². The van der Waals surface area contributed by atoms with Crippen molar-refractivity contribution in [1.82, 2.24) is 15.5 Å².